The highest BCUT2D eigenvalue weighted by Gasteiger charge is 2.35. The molecule has 0 saturated heterocycles. The van der Waals surface area contributed by atoms with Crippen LogP contribution in [0.3, 0.4) is 0 Å². The lowest BCUT2D eigenvalue weighted by Crippen LogP contribution is -2.33. The normalized spacial score (nSPS) is 12.2. The van der Waals surface area contributed by atoms with Crippen LogP contribution in [0.2, 0.25) is 0 Å². The number of unbranched alkanes of at least 4 members (excludes halogenated alkanes) is 1. The van der Waals surface area contributed by atoms with Gasteiger partial charge in [0.1, 0.15) is 17.2 Å². The molecular weight excluding hydrogens is 441 g/mol. The number of hydrogen-bond donors (Lipinski definition) is 2. The van der Waals surface area contributed by atoms with Gasteiger partial charge in [-0.2, -0.15) is 13.2 Å². The van der Waals surface area contributed by atoms with Gasteiger partial charge in [0.2, 0.25) is 5.65 Å². The van der Waals surface area contributed by atoms with Gasteiger partial charge in [-0.05, 0) is 46.6 Å². The Morgan fingerprint density at radius 2 is 1.82 bits per heavy atom. The average molecular weight is 468 g/mol. The number of halogens is 3. The highest BCUT2D eigenvalue weighted by atomic mass is 19.4. The number of amides is 1. The molecule has 1 amide bonds. The number of benzene rings is 1. The van der Waals surface area contributed by atoms with E-state index in [1.807, 2.05) is 0 Å². The van der Waals surface area contributed by atoms with Crippen molar-refractivity contribution in [2.75, 3.05) is 25.5 Å². The summed E-state index contributed by atoms with van der Waals surface area (Å²) < 4.78 is 52.1. The lowest BCUT2D eigenvalue weighted by atomic mass is 10.1. The van der Waals surface area contributed by atoms with Crippen molar-refractivity contribution < 1.29 is 27.4 Å². The van der Waals surface area contributed by atoms with Gasteiger partial charge >= 0.3 is 12.3 Å². The number of alkyl halides is 3. The van der Waals surface area contributed by atoms with Gasteiger partial charge < -0.3 is 20.1 Å². The molecule has 2 N–H and O–H groups in total. The number of fused-ring (bicyclic) bond motifs is 3. The molecule has 3 rings (SSSR count). The van der Waals surface area contributed by atoms with Crippen molar-refractivity contribution >= 4 is 28.6 Å². The summed E-state index contributed by atoms with van der Waals surface area (Å²) in [5.74, 6) is 0.511. The van der Waals surface area contributed by atoms with Crippen LogP contribution in [-0.4, -0.2) is 51.5 Å². The van der Waals surface area contributed by atoms with Crippen molar-refractivity contribution in [2.24, 2.45) is 0 Å². The Morgan fingerprint density at radius 3 is 2.45 bits per heavy atom. The van der Waals surface area contributed by atoms with Crippen molar-refractivity contribution in [2.45, 2.75) is 52.3 Å². The van der Waals surface area contributed by atoms with Crippen LogP contribution in [0.25, 0.3) is 16.7 Å². The highest BCUT2D eigenvalue weighted by Crippen LogP contribution is 2.39. The summed E-state index contributed by atoms with van der Waals surface area (Å²) in [6, 6.07) is 2.25. The Bertz CT molecular complexity index is 1150. The van der Waals surface area contributed by atoms with Crippen molar-refractivity contribution in [1.82, 2.24) is 24.9 Å². The molecule has 0 saturated carbocycles. The Balaban J connectivity index is 1.75. The van der Waals surface area contributed by atoms with Crippen LogP contribution in [0, 0.1) is 6.92 Å². The first-order valence-corrected chi connectivity index (χ1v) is 10.4. The number of anilines is 1. The number of carbonyl (C=O) groups excluding carboxylic acids is 1. The maximum absolute atomic E-state index is 13.5. The zero-order valence-corrected chi connectivity index (χ0v) is 19.1. The van der Waals surface area contributed by atoms with E-state index in [0.717, 1.165) is 6.07 Å². The van der Waals surface area contributed by atoms with Gasteiger partial charge in [-0.3, -0.25) is 4.40 Å². The first-order valence-electron chi connectivity index (χ1n) is 10.4. The van der Waals surface area contributed by atoms with Crippen molar-refractivity contribution in [3.8, 4) is 5.75 Å². The maximum atomic E-state index is 13.5. The van der Waals surface area contributed by atoms with E-state index < -0.39 is 23.4 Å². The van der Waals surface area contributed by atoms with Crippen LogP contribution in [-0.2, 0) is 10.9 Å². The number of aromatic nitrogens is 4. The number of ether oxygens (including phenoxy) is 2. The van der Waals surface area contributed by atoms with Gasteiger partial charge in [0.25, 0.3) is 0 Å². The lowest BCUT2D eigenvalue weighted by Gasteiger charge is -2.19. The fraction of sp³-hybridized carbons (Fsp3) is 0.524. The van der Waals surface area contributed by atoms with Crippen LogP contribution in [0.15, 0.2) is 12.1 Å². The molecule has 0 unspecified atom stereocenters. The molecule has 0 aliphatic heterocycles. The van der Waals surface area contributed by atoms with Gasteiger partial charge in [0.15, 0.2) is 5.82 Å². The summed E-state index contributed by atoms with van der Waals surface area (Å²) in [4.78, 5) is 16.1. The molecule has 12 heteroatoms. The third-order valence-electron chi connectivity index (χ3n) is 4.68. The molecule has 0 fully saturated rings. The Labute approximate surface area is 188 Å². The second-order valence-corrected chi connectivity index (χ2v) is 8.47. The quantitative estimate of drug-likeness (QED) is 0.498. The number of nitrogens with zero attached hydrogens (tertiary/aromatic N) is 4. The molecule has 1 aromatic carbocycles. The molecule has 0 aliphatic rings. The van der Waals surface area contributed by atoms with Gasteiger partial charge in [-0.15, -0.1) is 10.2 Å². The van der Waals surface area contributed by atoms with Crippen LogP contribution in [0.1, 0.15) is 45.0 Å². The van der Waals surface area contributed by atoms with Crippen LogP contribution in [0.4, 0.5) is 23.8 Å². The fourth-order valence-corrected chi connectivity index (χ4v) is 3.27. The van der Waals surface area contributed by atoms with Crippen LogP contribution >= 0.6 is 0 Å². The number of methoxy groups -OCH3 is 1. The SMILES string of the molecule is COc1cc2nc(NCCCCNC(=O)OC(C)(C)C)c3nnc(C)n3c2cc1C(F)(F)F. The van der Waals surface area contributed by atoms with E-state index in [-0.39, 0.29) is 11.3 Å². The second-order valence-electron chi connectivity index (χ2n) is 8.47. The minimum atomic E-state index is -4.59. The van der Waals surface area contributed by atoms with Crippen LogP contribution in [0.5, 0.6) is 5.75 Å². The van der Waals surface area contributed by atoms with E-state index in [2.05, 4.69) is 25.8 Å². The first-order chi connectivity index (χ1) is 15.4. The number of nitrogens with one attached hydrogen (secondary N) is 2. The minimum Gasteiger partial charge on any atom is -0.496 e. The molecule has 0 spiro atoms. The zero-order chi connectivity index (χ0) is 24.4. The first kappa shape index (κ1) is 24.3. The topological polar surface area (TPSA) is 103 Å². The molecule has 33 heavy (non-hydrogen) atoms. The van der Waals surface area contributed by atoms with E-state index >= 15 is 0 Å². The lowest BCUT2D eigenvalue weighted by molar-refractivity contribution is -0.138. The standard InChI is InChI=1S/C21H27F3N6O3/c1-12-28-29-18-17(25-8-6-7-9-26-19(31)33-20(2,3)4)27-14-11-16(32-5)13(21(22,23)24)10-15(14)30(12)18/h10-11H,6-9H2,1-5H3,(H,25,27)(H,26,31). The maximum Gasteiger partial charge on any atom is 0.420 e. The smallest absolute Gasteiger partial charge is 0.420 e. The molecule has 0 atom stereocenters. The van der Waals surface area contributed by atoms with E-state index in [1.54, 1.807) is 27.7 Å². The van der Waals surface area contributed by atoms with E-state index in [1.165, 1.54) is 17.6 Å². The summed E-state index contributed by atoms with van der Waals surface area (Å²) in [6.07, 6.45) is -3.67. The van der Waals surface area contributed by atoms with Crippen molar-refractivity contribution in [1.29, 1.82) is 0 Å². The molecule has 2 heterocycles. The third-order valence-corrected chi connectivity index (χ3v) is 4.68. The average Bonchev–Trinajstić information content (AvgIpc) is 3.09. The summed E-state index contributed by atoms with van der Waals surface area (Å²) in [5.41, 5.74) is -0.590. The van der Waals surface area contributed by atoms with Crippen molar-refractivity contribution in [3.05, 3.63) is 23.5 Å². The van der Waals surface area contributed by atoms with Crippen LogP contribution < -0.4 is 15.4 Å². The number of alkyl carbamates (subject to hydrolysis) is 1. The van der Waals surface area contributed by atoms with Gasteiger partial charge in [0, 0.05) is 19.2 Å². The summed E-state index contributed by atoms with van der Waals surface area (Å²) in [7, 11) is 1.18. The van der Waals surface area contributed by atoms with E-state index in [4.69, 9.17) is 9.47 Å². The number of carbonyl (C=O) groups is 1. The number of rotatable bonds is 7. The highest BCUT2D eigenvalue weighted by molar-refractivity contribution is 5.85. The molecule has 0 bridgehead atoms. The molecule has 2 aromatic heterocycles. The predicted molar refractivity (Wildman–Crippen MR) is 117 cm³/mol. The van der Waals surface area contributed by atoms with Crippen molar-refractivity contribution in [3.63, 3.8) is 0 Å². The van der Waals surface area contributed by atoms with E-state index in [9.17, 15) is 18.0 Å². The Kier molecular flexibility index (Phi) is 6.84. The largest absolute Gasteiger partial charge is 0.496 e. The van der Waals surface area contributed by atoms with Gasteiger partial charge in [-0.1, -0.05) is 0 Å². The zero-order valence-electron chi connectivity index (χ0n) is 19.1. The van der Waals surface area contributed by atoms with Gasteiger partial charge in [0.05, 0.1) is 23.7 Å². The van der Waals surface area contributed by atoms with E-state index in [0.29, 0.717) is 48.7 Å². The molecular formula is C21H27F3N6O3. The number of hydrogen-bond acceptors (Lipinski definition) is 7. The minimum absolute atomic E-state index is 0.229. The molecule has 180 valence electrons. The number of aryl methyl sites for hydroxylation is 1. The Hall–Kier alpha value is -3.31. The third kappa shape index (κ3) is 5.74. The molecule has 0 aliphatic carbocycles. The Morgan fingerprint density at radius 1 is 1.12 bits per heavy atom. The molecule has 3 aromatic rings. The molecule has 0 radical (unpaired) electrons. The summed E-state index contributed by atoms with van der Waals surface area (Å²) >= 11 is 0. The molecule has 9 nitrogen and oxygen atoms in total. The van der Waals surface area contributed by atoms with Gasteiger partial charge in [-0.25, -0.2) is 9.78 Å². The summed E-state index contributed by atoms with van der Waals surface area (Å²) in [5, 5.41) is 13.9. The summed E-state index contributed by atoms with van der Waals surface area (Å²) in [6.45, 7) is 7.98. The predicted octanol–water partition coefficient (Wildman–Crippen LogP) is 4.33. The monoisotopic (exact) mass is 468 g/mol. The fourth-order valence-electron chi connectivity index (χ4n) is 3.27. The second kappa shape index (κ2) is 9.28.